The molecule has 3 aromatic heterocycles. The Labute approximate surface area is 138 Å². The van der Waals surface area contributed by atoms with Gasteiger partial charge in [0, 0.05) is 18.8 Å². The smallest absolute Gasteiger partial charge is 0.214 e. The molecule has 0 N–H and O–H groups in total. The predicted molar refractivity (Wildman–Crippen MR) is 89.3 cm³/mol. The van der Waals surface area contributed by atoms with Crippen LogP contribution in [0.15, 0.2) is 12.3 Å². The van der Waals surface area contributed by atoms with Gasteiger partial charge in [-0.1, -0.05) is 11.3 Å². The van der Waals surface area contributed by atoms with Gasteiger partial charge in [-0.3, -0.25) is 4.68 Å². The van der Waals surface area contributed by atoms with E-state index < -0.39 is 0 Å². The second-order valence-electron chi connectivity index (χ2n) is 6.04. The fourth-order valence-electron chi connectivity index (χ4n) is 2.98. The highest BCUT2D eigenvalue weighted by Gasteiger charge is 2.24. The van der Waals surface area contributed by atoms with Crippen LogP contribution < -0.4 is 4.90 Å². The minimum Gasteiger partial charge on any atom is -0.373 e. The Kier molecular flexibility index (Phi) is 3.57. The minimum atomic E-state index is 0.125. The average molecular weight is 332 g/mol. The molecule has 8 heteroatoms. The van der Waals surface area contributed by atoms with E-state index in [4.69, 9.17) is 4.74 Å². The molecule has 4 rings (SSSR count). The van der Waals surface area contributed by atoms with Gasteiger partial charge >= 0.3 is 0 Å². The number of nitrogens with zero attached hydrogens (tertiary/aromatic N) is 6. The summed E-state index contributed by atoms with van der Waals surface area (Å²) >= 11 is 1.63. The fraction of sp³-hybridized carbons (Fsp3) is 0.533. The summed E-state index contributed by atoms with van der Waals surface area (Å²) in [5, 5.41) is 10.2. The first kappa shape index (κ1) is 14.6. The first-order valence-electron chi connectivity index (χ1n) is 7.79. The van der Waals surface area contributed by atoms with E-state index in [0.717, 1.165) is 41.1 Å². The molecule has 0 saturated carbocycles. The lowest BCUT2D eigenvalue weighted by atomic mass is 10.3. The second kappa shape index (κ2) is 5.61. The number of hydrogen-bond acceptors (Lipinski definition) is 6. The van der Waals surface area contributed by atoms with E-state index in [0.29, 0.717) is 6.61 Å². The lowest BCUT2D eigenvalue weighted by Crippen LogP contribution is -2.44. The van der Waals surface area contributed by atoms with Crippen molar-refractivity contribution in [3.63, 3.8) is 0 Å². The summed E-state index contributed by atoms with van der Waals surface area (Å²) in [5.74, 6) is 0. The molecule has 1 aliphatic rings. The Morgan fingerprint density at radius 1 is 1.26 bits per heavy atom. The summed E-state index contributed by atoms with van der Waals surface area (Å²) in [5.41, 5.74) is 3.22. The number of aryl methyl sites for hydroxylation is 3. The van der Waals surface area contributed by atoms with Crippen LogP contribution in [0.2, 0.25) is 0 Å². The van der Waals surface area contributed by atoms with Gasteiger partial charge in [0.15, 0.2) is 0 Å². The van der Waals surface area contributed by atoms with E-state index >= 15 is 0 Å². The van der Waals surface area contributed by atoms with E-state index in [1.54, 1.807) is 11.3 Å². The summed E-state index contributed by atoms with van der Waals surface area (Å²) < 4.78 is 9.82. The van der Waals surface area contributed by atoms with Gasteiger partial charge in [0.25, 0.3) is 0 Å². The number of imidazole rings is 1. The average Bonchev–Trinajstić information content (AvgIpc) is 3.12. The monoisotopic (exact) mass is 332 g/mol. The maximum absolute atomic E-state index is 5.92. The summed E-state index contributed by atoms with van der Waals surface area (Å²) in [7, 11) is 0. The largest absolute Gasteiger partial charge is 0.373 e. The van der Waals surface area contributed by atoms with E-state index in [1.807, 2.05) is 29.2 Å². The molecular weight excluding hydrogens is 312 g/mol. The van der Waals surface area contributed by atoms with Gasteiger partial charge in [-0.2, -0.15) is 5.10 Å². The van der Waals surface area contributed by atoms with Crippen LogP contribution in [0, 0.1) is 20.8 Å². The van der Waals surface area contributed by atoms with Crippen LogP contribution in [0.25, 0.3) is 4.96 Å². The molecule has 4 heterocycles. The number of morpholine rings is 1. The molecule has 1 saturated heterocycles. The number of rotatable bonds is 3. The lowest BCUT2D eigenvalue weighted by molar-refractivity contribution is 0.0269. The number of hydrogen-bond donors (Lipinski definition) is 0. The van der Waals surface area contributed by atoms with Crippen LogP contribution in [0.4, 0.5) is 5.13 Å². The molecule has 7 nitrogen and oxygen atoms in total. The zero-order chi connectivity index (χ0) is 16.0. The molecule has 0 aromatic carbocycles. The van der Waals surface area contributed by atoms with Crippen molar-refractivity contribution in [1.82, 2.24) is 24.4 Å². The molecule has 3 aromatic rings. The predicted octanol–water partition coefficient (Wildman–Crippen LogP) is 1.82. The molecular formula is C15H20N6OS. The first-order chi connectivity index (χ1) is 11.1. The SMILES string of the molecule is Cc1cn2nc(N3CCO[C@H](Cn4nc(C)cc4C)C3)sc2n1. The van der Waals surface area contributed by atoms with Gasteiger partial charge in [0.1, 0.15) is 0 Å². The molecule has 0 amide bonds. The van der Waals surface area contributed by atoms with Crippen LogP contribution in [0.5, 0.6) is 0 Å². The normalized spacial score (nSPS) is 18.9. The molecule has 1 atom stereocenters. The summed E-state index contributed by atoms with van der Waals surface area (Å²) in [6.45, 7) is 9.27. The number of aromatic nitrogens is 5. The maximum atomic E-state index is 5.92. The van der Waals surface area contributed by atoms with Crippen molar-refractivity contribution >= 4 is 21.4 Å². The molecule has 0 aliphatic carbocycles. The van der Waals surface area contributed by atoms with Gasteiger partial charge in [0.2, 0.25) is 10.1 Å². The van der Waals surface area contributed by atoms with E-state index in [9.17, 15) is 0 Å². The van der Waals surface area contributed by atoms with Crippen molar-refractivity contribution in [3.8, 4) is 0 Å². The maximum Gasteiger partial charge on any atom is 0.214 e. The molecule has 0 bridgehead atoms. The van der Waals surface area contributed by atoms with Gasteiger partial charge < -0.3 is 9.64 Å². The number of fused-ring (bicyclic) bond motifs is 1. The Morgan fingerprint density at radius 3 is 2.87 bits per heavy atom. The number of anilines is 1. The van der Waals surface area contributed by atoms with Crippen LogP contribution in [-0.2, 0) is 11.3 Å². The molecule has 23 heavy (non-hydrogen) atoms. The Balaban J connectivity index is 1.49. The highest BCUT2D eigenvalue weighted by atomic mass is 32.1. The standard InChI is InChI=1S/C15H20N6OS/c1-10-6-12(3)20(17-10)9-13-8-19(4-5-22-13)15-18-21-7-11(2)16-14(21)23-15/h6-7,13H,4-5,8-9H2,1-3H3/t13-/m0/s1. The fourth-order valence-corrected chi connectivity index (χ4v) is 3.95. The zero-order valence-electron chi connectivity index (χ0n) is 13.6. The highest BCUT2D eigenvalue weighted by Crippen LogP contribution is 2.25. The zero-order valence-corrected chi connectivity index (χ0v) is 14.4. The van der Waals surface area contributed by atoms with Crippen molar-refractivity contribution < 1.29 is 4.74 Å². The topological polar surface area (TPSA) is 60.5 Å². The van der Waals surface area contributed by atoms with E-state index in [2.05, 4.69) is 33.1 Å². The van der Waals surface area contributed by atoms with Crippen molar-refractivity contribution in [2.45, 2.75) is 33.4 Å². The number of ether oxygens (including phenoxy) is 1. The van der Waals surface area contributed by atoms with Gasteiger partial charge in [-0.25, -0.2) is 9.50 Å². The minimum absolute atomic E-state index is 0.125. The lowest BCUT2D eigenvalue weighted by Gasteiger charge is -2.32. The van der Waals surface area contributed by atoms with Gasteiger partial charge in [-0.15, -0.1) is 5.10 Å². The van der Waals surface area contributed by atoms with E-state index in [1.165, 1.54) is 5.69 Å². The third-order valence-corrected chi connectivity index (χ3v) is 5.03. The molecule has 122 valence electrons. The molecule has 1 aliphatic heterocycles. The van der Waals surface area contributed by atoms with Crippen LogP contribution >= 0.6 is 11.3 Å². The summed E-state index contributed by atoms with van der Waals surface area (Å²) in [6.07, 6.45) is 2.09. The van der Waals surface area contributed by atoms with Crippen molar-refractivity contribution in [2.24, 2.45) is 0 Å². The molecule has 0 radical (unpaired) electrons. The second-order valence-corrected chi connectivity index (χ2v) is 6.98. The van der Waals surface area contributed by atoms with Crippen molar-refractivity contribution in [2.75, 3.05) is 24.6 Å². The first-order valence-corrected chi connectivity index (χ1v) is 8.60. The van der Waals surface area contributed by atoms with Crippen molar-refractivity contribution in [3.05, 3.63) is 29.3 Å². The third-order valence-electron chi connectivity index (χ3n) is 4.04. The molecule has 0 spiro atoms. The van der Waals surface area contributed by atoms with E-state index in [-0.39, 0.29) is 6.10 Å². The molecule has 1 fully saturated rings. The summed E-state index contributed by atoms with van der Waals surface area (Å²) in [6, 6.07) is 2.10. The third kappa shape index (κ3) is 2.84. The van der Waals surface area contributed by atoms with Crippen molar-refractivity contribution in [1.29, 1.82) is 0 Å². The highest BCUT2D eigenvalue weighted by molar-refractivity contribution is 7.20. The van der Waals surface area contributed by atoms with Crippen LogP contribution in [0.1, 0.15) is 17.1 Å². The summed E-state index contributed by atoms with van der Waals surface area (Å²) in [4.78, 5) is 7.71. The molecule has 0 unspecified atom stereocenters. The Morgan fingerprint density at radius 2 is 2.13 bits per heavy atom. The Bertz CT molecular complexity index is 803. The van der Waals surface area contributed by atoms with Crippen LogP contribution in [-0.4, -0.2) is 50.2 Å². The van der Waals surface area contributed by atoms with Crippen LogP contribution in [0.3, 0.4) is 0 Å². The van der Waals surface area contributed by atoms with Gasteiger partial charge in [0.05, 0.1) is 36.8 Å². The quantitative estimate of drug-likeness (QED) is 0.732. The van der Waals surface area contributed by atoms with Gasteiger partial charge in [-0.05, 0) is 26.8 Å². The Hall–Kier alpha value is -1.93.